The molecule has 4 fully saturated rings. The second-order valence-corrected chi connectivity index (χ2v) is 4.79. The molecule has 0 unspecified atom stereocenters. The molecule has 4 aliphatic rings. The Hall–Kier alpha value is -0.320. The maximum atomic E-state index is 5.70. The Bertz CT molecular complexity index is 296. The quantitative estimate of drug-likeness (QED) is 0.568. The summed E-state index contributed by atoms with van der Waals surface area (Å²) >= 11 is 0. The highest BCUT2D eigenvalue weighted by Gasteiger charge is 2.58. The second kappa shape index (κ2) is 5.23. The van der Waals surface area contributed by atoms with Gasteiger partial charge in [0.25, 0.3) is 0 Å². The van der Waals surface area contributed by atoms with E-state index in [1.54, 1.807) is 0 Å². The molecular formula is C11H16O8. The van der Waals surface area contributed by atoms with Crippen molar-refractivity contribution < 1.29 is 37.9 Å². The number of rotatable bonds is 0. The molecule has 1 saturated carbocycles. The van der Waals surface area contributed by atoms with Crippen molar-refractivity contribution in [3.05, 3.63) is 0 Å². The monoisotopic (exact) mass is 276 g/mol. The van der Waals surface area contributed by atoms with Crippen molar-refractivity contribution in [2.24, 2.45) is 0 Å². The summed E-state index contributed by atoms with van der Waals surface area (Å²) in [5, 5.41) is 0. The number of hydrogen-bond acceptors (Lipinski definition) is 8. The van der Waals surface area contributed by atoms with Crippen molar-refractivity contribution in [2.75, 3.05) is 34.0 Å². The minimum atomic E-state index is -0.322. The molecule has 0 amide bonds. The van der Waals surface area contributed by atoms with Gasteiger partial charge in [0.1, 0.15) is 70.6 Å². The molecule has 3 heterocycles. The standard InChI is InChI=1S/C11H16O8/c1-12-3-16-8-6(14-1)7-9(17-4-13-2-15-7)11-10(8)18-5-19-11/h6-11H,1-5H2/t6-,7-,8+,9+,10-,11+/m0/s1. The lowest BCUT2D eigenvalue weighted by Crippen LogP contribution is -2.64. The van der Waals surface area contributed by atoms with Crippen LogP contribution in [0.3, 0.4) is 0 Å². The van der Waals surface area contributed by atoms with Crippen LogP contribution < -0.4 is 0 Å². The van der Waals surface area contributed by atoms with Gasteiger partial charge in [-0.25, -0.2) is 0 Å². The summed E-state index contributed by atoms with van der Waals surface area (Å²) < 4.78 is 44.3. The van der Waals surface area contributed by atoms with Crippen LogP contribution in [0.5, 0.6) is 0 Å². The molecule has 19 heavy (non-hydrogen) atoms. The molecule has 6 atom stereocenters. The van der Waals surface area contributed by atoms with Gasteiger partial charge >= 0.3 is 0 Å². The SMILES string of the molecule is C1OCO[C@@H]2[C@@H](O1)[C@@H]1OCOCO[C@H]1[C@@H]1OCO[C@H]21. The van der Waals surface area contributed by atoms with Gasteiger partial charge in [0.2, 0.25) is 0 Å². The summed E-state index contributed by atoms with van der Waals surface area (Å²) in [4.78, 5) is 0. The van der Waals surface area contributed by atoms with Gasteiger partial charge in [-0.15, -0.1) is 0 Å². The van der Waals surface area contributed by atoms with E-state index < -0.39 is 0 Å². The van der Waals surface area contributed by atoms with Gasteiger partial charge in [-0.3, -0.25) is 0 Å². The Balaban J connectivity index is 1.65. The van der Waals surface area contributed by atoms with E-state index in [4.69, 9.17) is 37.9 Å². The Morgan fingerprint density at radius 1 is 0.368 bits per heavy atom. The molecule has 8 heteroatoms. The van der Waals surface area contributed by atoms with Crippen molar-refractivity contribution >= 4 is 0 Å². The zero-order valence-corrected chi connectivity index (χ0v) is 10.3. The lowest BCUT2D eigenvalue weighted by atomic mass is 9.84. The lowest BCUT2D eigenvalue weighted by molar-refractivity contribution is -0.222. The molecule has 0 bridgehead atoms. The number of fused-ring (bicyclic) bond motifs is 6. The van der Waals surface area contributed by atoms with E-state index >= 15 is 0 Å². The topological polar surface area (TPSA) is 73.8 Å². The van der Waals surface area contributed by atoms with Crippen molar-refractivity contribution in [2.45, 2.75) is 36.6 Å². The van der Waals surface area contributed by atoms with E-state index in [1.165, 1.54) is 0 Å². The van der Waals surface area contributed by atoms with E-state index in [9.17, 15) is 0 Å². The zero-order chi connectivity index (χ0) is 12.7. The Kier molecular flexibility index (Phi) is 3.42. The maximum absolute atomic E-state index is 5.70. The molecule has 108 valence electrons. The average molecular weight is 276 g/mol. The fraction of sp³-hybridized carbons (Fsp3) is 1.00. The zero-order valence-electron chi connectivity index (χ0n) is 10.3. The second-order valence-electron chi connectivity index (χ2n) is 4.79. The van der Waals surface area contributed by atoms with Crippen molar-refractivity contribution in [1.82, 2.24) is 0 Å². The molecule has 0 radical (unpaired) electrons. The van der Waals surface area contributed by atoms with Gasteiger partial charge in [-0.2, -0.15) is 0 Å². The molecule has 3 saturated heterocycles. The first-order valence-electron chi connectivity index (χ1n) is 6.30. The first-order chi connectivity index (χ1) is 9.45. The summed E-state index contributed by atoms with van der Waals surface area (Å²) in [5.74, 6) is 0. The van der Waals surface area contributed by atoms with Gasteiger partial charge in [-0.05, 0) is 0 Å². The van der Waals surface area contributed by atoms with Crippen molar-refractivity contribution in [3.8, 4) is 0 Å². The highest BCUT2D eigenvalue weighted by atomic mass is 16.8. The third kappa shape index (κ3) is 2.08. The maximum Gasteiger partial charge on any atom is 0.150 e. The van der Waals surface area contributed by atoms with Crippen LogP contribution in [0.25, 0.3) is 0 Å². The van der Waals surface area contributed by atoms with E-state index in [-0.39, 0.29) is 70.6 Å². The van der Waals surface area contributed by atoms with Gasteiger partial charge in [0.15, 0.2) is 0 Å². The van der Waals surface area contributed by atoms with Gasteiger partial charge in [0, 0.05) is 0 Å². The summed E-state index contributed by atoms with van der Waals surface area (Å²) in [5.41, 5.74) is 0. The van der Waals surface area contributed by atoms with E-state index in [2.05, 4.69) is 0 Å². The highest BCUT2D eigenvalue weighted by Crippen LogP contribution is 2.37. The molecule has 8 nitrogen and oxygen atoms in total. The smallest absolute Gasteiger partial charge is 0.150 e. The summed E-state index contributed by atoms with van der Waals surface area (Å²) in [6.45, 7) is 0.876. The summed E-state index contributed by atoms with van der Waals surface area (Å²) in [6.07, 6.45) is -1.71. The van der Waals surface area contributed by atoms with Crippen LogP contribution in [0.4, 0.5) is 0 Å². The van der Waals surface area contributed by atoms with E-state index in [0.29, 0.717) is 0 Å². The van der Waals surface area contributed by atoms with Gasteiger partial charge < -0.3 is 37.9 Å². The fourth-order valence-corrected chi connectivity index (χ4v) is 3.03. The van der Waals surface area contributed by atoms with Crippen LogP contribution in [0, 0.1) is 0 Å². The molecule has 4 rings (SSSR count). The Morgan fingerprint density at radius 3 is 0.947 bits per heavy atom. The molecule has 0 aromatic rings. The van der Waals surface area contributed by atoms with Crippen LogP contribution in [0.2, 0.25) is 0 Å². The first kappa shape index (κ1) is 12.4. The predicted octanol–water partition coefficient (Wildman–Crippen LogP) is -0.827. The molecule has 1 aliphatic carbocycles. The number of hydrogen-bond donors (Lipinski definition) is 0. The van der Waals surface area contributed by atoms with Crippen LogP contribution in [0.1, 0.15) is 0 Å². The van der Waals surface area contributed by atoms with Crippen LogP contribution in [0.15, 0.2) is 0 Å². The third-order valence-electron chi connectivity index (χ3n) is 3.84. The lowest BCUT2D eigenvalue weighted by Gasteiger charge is -2.43. The normalized spacial score (nSPS) is 50.5. The minimum Gasteiger partial charge on any atom is -0.347 e. The molecular weight excluding hydrogens is 260 g/mol. The predicted molar refractivity (Wildman–Crippen MR) is 55.7 cm³/mol. The number of ether oxygens (including phenoxy) is 8. The first-order valence-corrected chi connectivity index (χ1v) is 6.30. The van der Waals surface area contributed by atoms with Gasteiger partial charge in [-0.1, -0.05) is 0 Å². The van der Waals surface area contributed by atoms with Crippen molar-refractivity contribution in [1.29, 1.82) is 0 Å². The molecule has 0 spiro atoms. The molecule has 0 N–H and O–H groups in total. The fourth-order valence-electron chi connectivity index (χ4n) is 3.03. The van der Waals surface area contributed by atoms with E-state index in [0.717, 1.165) is 0 Å². The van der Waals surface area contributed by atoms with Gasteiger partial charge in [0.05, 0.1) is 0 Å². The largest absolute Gasteiger partial charge is 0.347 e. The molecule has 0 aromatic carbocycles. The Morgan fingerprint density at radius 2 is 0.632 bits per heavy atom. The Labute approximate surface area is 109 Å². The third-order valence-corrected chi connectivity index (χ3v) is 3.84. The summed E-state index contributed by atoms with van der Waals surface area (Å²) in [7, 11) is 0. The molecule has 0 aromatic heterocycles. The molecule has 3 aliphatic heterocycles. The van der Waals surface area contributed by atoms with E-state index in [1.807, 2.05) is 0 Å². The van der Waals surface area contributed by atoms with Crippen molar-refractivity contribution in [3.63, 3.8) is 0 Å². The minimum absolute atomic E-state index is 0.160. The van der Waals surface area contributed by atoms with Crippen LogP contribution in [-0.2, 0) is 37.9 Å². The average Bonchev–Trinajstić information content (AvgIpc) is 2.65. The highest BCUT2D eigenvalue weighted by molar-refractivity contribution is 5.04. The van der Waals surface area contributed by atoms with Crippen LogP contribution in [-0.4, -0.2) is 70.6 Å². The summed E-state index contributed by atoms with van der Waals surface area (Å²) in [6, 6.07) is 0. The van der Waals surface area contributed by atoms with Crippen LogP contribution >= 0.6 is 0 Å².